The van der Waals surface area contributed by atoms with Crippen molar-refractivity contribution >= 4 is 5.97 Å². The third-order valence-electron chi connectivity index (χ3n) is 3.68. The van der Waals surface area contributed by atoms with Crippen LogP contribution < -0.4 is 0 Å². The molecule has 0 aliphatic rings. The molecule has 20 heavy (non-hydrogen) atoms. The van der Waals surface area contributed by atoms with Crippen LogP contribution in [-0.2, 0) is 21.4 Å². The molecule has 1 aromatic rings. The Morgan fingerprint density at radius 3 is 2.55 bits per heavy atom. The third-order valence-corrected chi connectivity index (χ3v) is 3.68. The number of aromatic hydroxyl groups is 1. The monoisotopic (exact) mass is 280 g/mol. The lowest BCUT2D eigenvalue weighted by atomic mass is 9.80. The minimum atomic E-state index is -0.371. The highest BCUT2D eigenvalue weighted by molar-refractivity contribution is 5.73. The molecule has 2 N–H and O–H groups in total. The van der Waals surface area contributed by atoms with Gasteiger partial charge in [-0.1, -0.05) is 32.9 Å². The molecule has 0 atom stereocenters. The van der Waals surface area contributed by atoms with Crippen molar-refractivity contribution in [2.24, 2.45) is 0 Å². The molecule has 0 aromatic heterocycles. The Kier molecular flexibility index (Phi) is 5.57. The number of esters is 1. The fraction of sp³-hybridized carbons (Fsp3) is 0.562. The molecule has 0 unspecified atom stereocenters. The second-order valence-electron chi connectivity index (χ2n) is 5.67. The topological polar surface area (TPSA) is 66.8 Å². The van der Waals surface area contributed by atoms with Crippen molar-refractivity contribution in [2.45, 2.75) is 46.0 Å². The Morgan fingerprint density at radius 1 is 1.35 bits per heavy atom. The second kappa shape index (κ2) is 6.75. The van der Waals surface area contributed by atoms with Crippen LogP contribution in [0.3, 0.4) is 0 Å². The van der Waals surface area contributed by atoms with Crippen LogP contribution in [0.5, 0.6) is 5.75 Å². The van der Waals surface area contributed by atoms with Gasteiger partial charge in [0.05, 0.1) is 13.0 Å². The molecule has 0 aliphatic heterocycles. The van der Waals surface area contributed by atoms with E-state index in [1.165, 1.54) is 0 Å². The van der Waals surface area contributed by atoms with E-state index in [-0.39, 0.29) is 31.0 Å². The average Bonchev–Trinajstić information content (AvgIpc) is 2.40. The molecule has 0 aliphatic carbocycles. The fourth-order valence-electron chi connectivity index (χ4n) is 2.04. The van der Waals surface area contributed by atoms with Gasteiger partial charge >= 0.3 is 5.97 Å². The zero-order valence-electron chi connectivity index (χ0n) is 12.7. The van der Waals surface area contributed by atoms with Crippen molar-refractivity contribution in [3.05, 3.63) is 28.8 Å². The van der Waals surface area contributed by atoms with E-state index in [9.17, 15) is 9.90 Å². The molecule has 0 saturated heterocycles. The number of aliphatic hydroxyl groups is 1. The van der Waals surface area contributed by atoms with E-state index in [0.29, 0.717) is 5.75 Å². The Balaban J connectivity index is 3.03. The smallest absolute Gasteiger partial charge is 0.310 e. The van der Waals surface area contributed by atoms with E-state index in [4.69, 9.17) is 9.84 Å². The van der Waals surface area contributed by atoms with Crippen LogP contribution in [0.1, 0.15) is 43.9 Å². The van der Waals surface area contributed by atoms with Gasteiger partial charge in [-0.2, -0.15) is 0 Å². The number of carbonyl (C=O) groups excluding carboxylic acids is 1. The number of carbonyl (C=O) groups is 1. The molecule has 0 bridgehead atoms. The summed E-state index contributed by atoms with van der Waals surface area (Å²) >= 11 is 0. The van der Waals surface area contributed by atoms with Crippen molar-refractivity contribution in [1.29, 1.82) is 0 Å². The predicted molar refractivity (Wildman–Crippen MR) is 77.9 cm³/mol. The summed E-state index contributed by atoms with van der Waals surface area (Å²) in [4.78, 5) is 11.6. The lowest BCUT2D eigenvalue weighted by molar-refractivity contribution is -0.143. The number of aryl methyl sites for hydroxylation is 1. The number of hydrogen-bond acceptors (Lipinski definition) is 4. The van der Waals surface area contributed by atoms with E-state index in [2.05, 4.69) is 20.8 Å². The zero-order chi connectivity index (χ0) is 15.3. The van der Waals surface area contributed by atoms with Gasteiger partial charge in [0, 0.05) is 5.56 Å². The Labute approximate surface area is 120 Å². The number of phenolic OH excluding ortho intramolecular Hbond substituents is 1. The molecule has 0 radical (unpaired) electrons. The summed E-state index contributed by atoms with van der Waals surface area (Å²) in [5.41, 5.74) is 2.28. The largest absolute Gasteiger partial charge is 0.507 e. The SMILES string of the molecule is CCC(C)(C)c1cc(CC(=O)OCCO)cc(C)c1O. The third kappa shape index (κ3) is 3.97. The highest BCUT2D eigenvalue weighted by atomic mass is 16.5. The number of rotatable bonds is 6. The van der Waals surface area contributed by atoms with Gasteiger partial charge in [-0.3, -0.25) is 4.79 Å². The molecule has 0 amide bonds. The highest BCUT2D eigenvalue weighted by Gasteiger charge is 2.23. The first kappa shape index (κ1) is 16.5. The summed E-state index contributed by atoms with van der Waals surface area (Å²) in [6.07, 6.45) is 1.03. The predicted octanol–water partition coefficient (Wildman–Crippen LogP) is 2.47. The Morgan fingerprint density at radius 2 is 2.00 bits per heavy atom. The lowest BCUT2D eigenvalue weighted by Crippen LogP contribution is -2.17. The van der Waals surface area contributed by atoms with Gasteiger partial charge in [-0.15, -0.1) is 0 Å². The fourth-order valence-corrected chi connectivity index (χ4v) is 2.04. The van der Waals surface area contributed by atoms with Crippen LogP contribution in [0.15, 0.2) is 12.1 Å². The van der Waals surface area contributed by atoms with Gasteiger partial charge in [0.2, 0.25) is 0 Å². The molecule has 4 nitrogen and oxygen atoms in total. The molecule has 0 heterocycles. The first-order valence-corrected chi connectivity index (χ1v) is 6.91. The number of hydrogen-bond donors (Lipinski definition) is 2. The average molecular weight is 280 g/mol. The normalized spacial score (nSPS) is 11.4. The zero-order valence-corrected chi connectivity index (χ0v) is 12.7. The standard InChI is InChI=1S/C16H24O4/c1-5-16(3,4)13-9-12(8-11(2)15(13)19)10-14(18)20-7-6-17/h8-9,17,19H,5-7,10H2,1-4H3. The van der Waals surface area contributed by atoms with Crippen LogP contribution in [0.25, 0.3) is 0 Å². The Hall–Kier alpha value is -1.55. The van der Waals surface area contributed by atoms with Crippen LogP contribution in [0, 0.1) is 6.92 Å². The van der Waals surface area contributed by atoms with E-state index in [1.807, 2.05) is 13.0 Å². The summed E-state index contributed by atoms with van der Waals surface area (Å²) in [5, 5.41) is 18.8. The molecular weight excluding hydrogens is 256 g/mol. The molecule has 0 saturated carbocycles. The molecule has 1 aromatic carbocycles. The highest BCUT2D eigenvalue weighted by Crippen LogP contribution is 2.36. The number of aliphatic hydroxyl groups excluding tert-OH is 1. The van der Waals surface area contributed by atoms with Crippen molar-refractivity contribution in [1.82, 2.24) is 0 Å². The minimum Gasteiger partial charge on any atom is -0.507 e. The van der Waals surface area contributed by atoms with Gasteiger partial charge in [-0.25, -0.2) is 0 Å². The van der Waals surface area contributed by atoms with E-state index < -0.39 is 0 Å². The minimum absolute atomic E-state index is 0.0171. The maximum atomic E-state index is 11.6. The first-order valence-electron chi connectivity index (χ1n) is 6.91. The molecular formula is C16H24O4. The number of phenols is 1. The van der Waals surface area contributed by atoms with E-state index in [1.54, 1.807) is 6.07 Å². The maximum Gasteiger partial charge on any atom is 0.310 e. The quantitative estimate of drug-likeness (QED) is 0.786. The molecule has 0 fully saturated rings. The summed E-state index contributed by atoms with van der Waals surface area (Å²) in [7, 11) is 0. The molecule has 4 heteroatoms. The van der Waals surface area contributed by atoms with Crippen LogP contribution in [-0.4, -0.2) is 29.4 Å². The van der Waals surface area contributed by atoms with Crippen molar-refractivity contribution in [3.8, 4) is 5.75 Å². The molecule has 0 spiro atoms. The van der Waals surface area contributed by atoms with Crippen LogP contribution in [0.4, 0.5) is 0 Å². The lowest BCUT2D eigenvalue weighted by Gasteiger charge is -2.26. The van der Waals surface area contributed by atoms with Crippen LogP contribution >= 0.6 is 0 Å². The number of benzene rings is 1. The summed E-state index contributed by atoms with van der Waals surface area (Å²) < 4.78 is 4.87. The van der Waals surface area contributed by atoms with Gasteiger partial charge in [-0.05, 0) is 29.9 Å². The van der Waals surface area contributed by atoms with Crippen molar-refractivity contribution in [3.63, 3.8) is 0 Å². The summed E-state index contributed by atoms with van der Waals surface area (Å²) in [5.74, 6) is -0.0753. The molecule has 1 rings (SSSR count). The van der Waals surface area contributed by atoms with E-state index in [0.717, 1.165) is 23.1 Å². The summed E-state index contributed by atoms with van der Waals surface area (Å²) in [6.45, 7) is 7.87. The van der Waals surface area contributed by atoms with Gasteiger partial charge in [0.25, 0.3) is 0 Å². The number of ether oxygens (including phenoxy) is 1. The van der Waals surface area contributed by atoms with Gasteiger partial charge in [0.1, 0.15) is 12.4 Å². The van der Waals surface area contributed by atoms with Crippen molar-refractivity contribution in [2.75, 3.05) is 13.2 Å². The second-order valence-corrected chi connectivity index (χ2v) is 5.67. The summed E-state index contributed by atoms with van der Waals surface area (Å²) in [6, 6.07) is 3.66. The van der Waals surface area contributed by atoms with Crippen LogP contribution in [0.2, 0.25) is 0 Å². The van der Waals surface area contributed by atoms with Crippen molar-refractivity contribution < 1.29 is 19.7 Å². The van der Waals surface area contributed by atoms with Gasteiger partial charge in [0.15, 0.2) is 0 Å². The van der Waals surface area contributed by atoms with Gasteiger partial charge < -0.3 is 14.9 Å². The molecule has 112 valence electrons. The van der Waals surface area contributed by atoms with E-state index >= 15 is 0 Å². The maximum absolute atomic E-state index is 11.6. The first-order chi connectivity index (χ1) is 9.31. The Bertz CT molecular complexity index is 478.